The molecular weight excluding hydrogens is 466 g/mol. The number of carbonyl (C=O) groups is 1. The smallest absolute Gasteiger partial charge is 0.419 e. The van der Waals surface area contributed by atoms with Gasteiger partial charge < -0.3 is 14.8 Å². The standard InChI is InChI=1S/C25H19F4N3O3/c1-14(15-3-5-17(6-4-15)24(33)34-2)32-22-21-16(9-11-30-22)10-12-31-23(21)35-18-7-8-20(26)19(13-18)25(27,28)29/h3-14H,1-2H3,(H,30,32)/t14-/m0/s1. The summed E-state index contributed by atoms with van der Waals surface area (Å²) in [4.78, 5) is 20.2. The van der Waals surface area contributed by atoms with Crippen molar-refractivity contribution in [2.75, 3.05) is 12.4 Å². The number of halogens is 4. The molecule has 2 aromatic heterocycles. The third kappa shape index (κ3) is 5.16. The molecule has 4 aromatic rings. The van der Waals surface area contributed by atoms with Crippen molar-refractivity contribution in [2.45, 2.75) is 19.1 Å². The molecule has 4 rings (SSSR count). The lowest BCUT2D eigenvalue weighted by Crippen LogP contribution is -2.10. The van der Waals surface area contributed by atoms with Crippen LogP contribution in [0, 0.1) is 5.82 Å². The van der Waals surface area contributed by atoms with Gasteiger partial charge in [0.05, 0.1) is 23.6 Å². The Labute approximate surface area is 197 Å². The van der Waals surface area contributed by atoms with Crippen LogP contribution in [-0.2, 0) is 10.9 Å². The van der Waals surface area contributed by atoms with Gasteiger partial charge in [0.1, 0.15) is 17.4 Å². The Bertz CT molecular complexity index is 1370. The number of rotatable bonds is 6. The number of nitrogens with zero attached hydrogens (tertiary/aromatic N) is 2. The monoisotopic (exact) mass is 485 g/mol. The van der Waals surface area contributed by atoms with Crippen LogP contribution in [0.5, 0.6) is 11.6 Å². The Kier molecular flexibility index (Phi) is 6.54. The number of hydrogen-bond donors (Lipinski definition) is 1. The second-order valence-electron chi connectivity index (χ2n) is 7.59. The van der Waals surface area contributed by atoms with Gasteiger partial charge in [0, 0.05) is 18.4 Å². The minimum atomic E-state index is -4.87. The molecule has 0 saturated carbocycles. The lowest BCUT2D eigenvalue weighted by Gasteiger charge is -2.18. The lowest BCUT2D eigenvalue weighted by molar-refractivity contribution is -0.140. The Morgan fingerprint density at radius 3 is 2.34 bits per heavy atom. The van der Waals surface area contributed by atoms with Gasteiger partial charge in [-0.1, -0.05) is 12.1 Å². The summed E-state index contributed by atoms with van der Waals surface area (Å²) in [6.45, 7) is 1.88. The van der Waals surface area contributed by atoms with Gasteiger partial charge in [-0.3, -0.25) is 0 Å². The zero-order valence-electron chi connectivity index (χ0n) is 18.6. The zero-order valence-corrected chi connectivity index (χ0v) is 18.6. The molecule has 0 aliphatic rings. The summed E-state index contributed by atoms with van der Waals surface area (Å²) in [7, 11) is 1.30. The first-order valence-corrected chi connectivity index (χ1v) is 10.4. The van der Waals surface area contributed by atoms with E-state index in [9.17, 15) is 22.4 Å². The summed E-state index contributed by atoms with van der Waals surface area (Å²) >= 11 is 0. The van der Waals surface area contributed by atoms with E-state index in [1.807, 2.05) is 6.92 Å². The highest BCUT2D eigenvalue weighted by atomic mass is 19.4. The summed E-state index contributed by atoms with van der Waals surface area (Å²) in [6.07, 6.45) is -1.85. The molecule has 0 spiro atoms. The fourth-order valence-corrected chi connectivity index (χ4v) is 3.49. The van der Waals surface area contributed by atoms with Crippen LogP contribution < -0.4 is 10.1 Å². The summed E-state index contributed by atoms with van der Waals surface area (Å²) < 4.78 is 63.4. The van der Waals surface area contributed by atoms with Crippen molar-refractivity contribution >= 4 is 22.6 Å². The Morgan fingerprint density at radius 1 is 1.00 bits per heavy atom. The first-order chi connectivity index (χ1) is 16.7. The molecule has 0 bridgehead atoms. The Morgan fingerprint density at radius 2 is 1.69 bits per heavy atom. The van der Waals surface area contributed by atoms with Crippen LogP contribution in [0.1, 0.15) is 34.5 Å². The summed E-state index contributed by atoms with van der Waals surface area (Å²) in [5.74, 6) is -1.68. The highest BCUT2D eigenvalue weighted by molar-refractivity contribution is 5.96. The molecule has 1 atom stereocenters. The number of benzene rings is 2. The van der Waals surface area contributed by atoms with Crippen LogP contribution in [0.2, 0.25) is 0 Å². The SMILES string of the molecule is COC(=O)c1ccc([C@H](C)Nc2nccc3ccnc(Oc4ccc(F)c(C(F)(F)F)c4)c23)cc1. The molecule has 0 fully saturated rings. The van der Waals surface area contributed by atoms with Crippen molar-refractivity contribution in [1.29, 1.82) is 0 Å². The highest BCUT2D eigenvalue weighted by Gasteiger charge is 2.34. The first kappa shape index (κ1) is 23.9. The quantitative estimate of drug-likeness (QED) is 0.247. The van der Waals surface area contributed by atoms with Crippen molar-refractivity contribution in [3.63, 3.8) is 0 Å². The number of methoxy groups -OCH3 is 1. The fourth-order valence-electron chi connectivity index (χ4n) is 3.49. The summed E-state index contributed by atoms with van der Waals surface area (Å²) in [5, 5.41) is 4.36. The number of esters is 1. The van der Waals surface area contributed by atoms with Crippen LogP contribution in [-0.4, -0.2) is 23.0 Å². The van der Waals surface area contributed by atoms with Gasteiger partial charge in [0.15, 0.2) is 0 Å². The molecule has 0 radical (unpaired) electrons. The van der Waals surface area contributed by atoms with E-state index in [-0.39, 0.29) is 17.7 Å². The van der Waals surface area contributed by atoms with E-state index in [0.717, 1.165) is 11.6 Å². The molecule has 10 heteroatoms. The van der Waals surface area contributed by atoms with Gasteiger partial charge in [-0.2, -0.15) is 13.2 Å². The fraction of sp³-hybridized carbons (Fsp3) is 0.160. The molecule has 2 aromatic carbocycles. The van der Waals surface area contributed by atoms with Gasteiger partial charge in [-0.25, -0.2) is 19.2 Å². The van der Waals surface area contributed by atoms with Crippen LogP contribution in [0.3, 0.4) is 0 Å². The van der Waals surface area contributed by atoms with Gasteiger partial charge in [0.25, 0.3) is 0 Å². The molecule has 0 aliphatic carbocycles. The summed E-state index contributed by atoms with van der Waals surface area (Å²) in [6, 6.07) is 12.3. The lowest BCUT2D eigenvalue weighted by atomic mass is 10.1. The van der Waals surface area contributed by atoms with E-state index in [1.165, 1.54) is 13.3 Å². The molecular formula is C25H19F4N3O3. The highest BCUT2D eigenvalue weighted by Crippen LogP contribution is 2.37. The second-order valence-corrected chi connectivity index (χ2v) is 7.59. The molecule has 2 heterocycles. The molecule has 35 heavy (non-hydrogen) atoms. The maximum atomic E-state index is 13.7. The maximum absolute atomic E-state index is 13.7. The number of pyridine rings is 2. The number of fused-ring (bicyclic) bond motifs is 1. The number of nitrogens with one attached hydrogen (secondary N) is 1. The van der Waals surface area contributed by atoms with Gasteiger partial charge in [0.2, 0.25) is 5.88 Å². The third-order valence-electron chi connectivity index (χ3n) is 5.29. The number of carbonyl (C=O) groups excluding carboxylic acids is 1. The van der Waals surface area contributed by atoms with Crippen molar-refractivity contribution in [1.82, 2.24) is 9.97 Å². The number of alkyl halides is 3. The van der Waals surface area contributed by atoms with E-state index in [4.69, 9.17) is 9.47 Å². The van der Waals surface area contributed by atoms with Crippen molar-refractivity contribution in [2.24, 2.45) is 0 Å². The molecule has 180 valence electrons. The zero-order chi connectivity index (χ0) is 25.2. The maximum Gasteiger partial charge on any atom is 0.419 e. The minimum absolute atomic E-state index is 0.00562. The molecule has 1 N–H and O–H groups in total. The molecule has 0 unspecified atom stereocenters. The average Bonchev–Trinajstić information content (AvgIpc) is 2.84. The predicted molar refractivity (Wildman–Crippen MR) is 121 cm³/mol. The first-order valence-electron chi connectivity index (χ1n) is 10.4. The van der Waals surface area contributed by atoms with Crippen molar-refractivity contribution < 1.29 is 31.8 Å². The summed E-state index contributed by atoms with van der Waals surface area (Å²) in [5.41, 5.74) is -0.184. The van der Waals surface area contributed by atoms with E-state index < -0.39 is 23.5 Å². The van der Waals surface area contributed by atoms with Crippen LogP contribution in [0.25, 0.3) is 10.8 Å². The minimum Gasteiger partial charge on any atom is -0.465 e. The molecule has 0 aliphatic heterocycles. The van der Waals surface area contributed by atoms with Crippen LogP contribution in [0.4, 0.5) is 23.4 Å². The number of ether oxygens (including phenoxy) is 2. The normalized spacial score (nSPS) is 12.3. The predicted octanol–water partition coefficient (Wildman–Crippen LogP) is 6.54. The molecule has 6 nitrogen and oxygen atoms in total. The van der Waals surface area contributed by atoms with Gasteiger partial charge in [-0.05, 0) is 60.3 Å². The number of anilines is 1. The largest absolute Gasteiger partial charge is 0.465 e. The molecule has 0 amide bonds. The van der Waals surface area contributed by atoms with E-state index in [2.05, 4.69) is 15.3 Å². The number of aromatic nitrogens is 2. The Balaban J connectivity index is 1.67. The molecule has 0 saturated heterocycles. The average molecular weight is 485 g/mol. The topological polar surface area (TPSA) is 73.3 Å². The Hall–Kier alpha value is -4.21. The van der Waals surface area contributed by atoms with Crippen molar-refractivity contribution in [3.05, 3.63) is 89.5 Å². The van der Waals surface area contributed by atoms with Gasteiger partial charge >= 0.3 is 12.1 Å². The van der Waals surface area contributed by atoms with E-state index in [1.54, 1.807) is 42.6 Å². The van der Waals surface area contributed by atoms with E-state index in [0.29, 0.717) is 34.3 Å². The van der Waals surface area contributed by atoms with Crippen molar-refractivity contribution in [3.8, 4) is 11.6 Å². The van der Waals surface area contributed by atoms with Crippen LogP contribution in [0.15, 0.2) is 67.0 Å². The van der Waals surface area contributed by atoms with E-state index >= 15 is 0 Å². The van der Waals surface area contributed by atoms with Crippen LogP contribution >= 0.6 is 0 Å². The second kappa shape index (κ2) is 9.57. The number of hydrogen-bond acceptors (Lipinski definition) is 6. The van der Waals surface area contributed by atoms with Gasteiger partial charge in [-0.15, -0.1) is 0 Å². The third-order valence-corrected chi connectivity index (χ3v) is 5.29.